The molecular weight excluding hydrogens is 206 g/mol. The van der Waals surface area contributed by atoms with Gasteiger partial charge in [0.25, 0.3) is 0 Å². The molecule has 1 aromatic rings. The molecule has 16 heavy (non-hydrogen) atoms. The van der Waals surface area contributed by atoms with Crippen LogP contribution in [-0.2, 0) is 4.74 Å². The first-order valence-electron chi connectivity index (χ1n) is 5.35. The van der Waals surface area contributed by atoms with Gasteiger partial charge < -0.3 is 14.8 Å². The number of benzene rings is 1. The number of nitrogens with one attached hydrogen (secondary N) is 1. The van der Waals surface area contributed by atoms with Gasteiger partial charge in [-0.3, -0.25) is 0 Å². The minimum Gasteiger partial charge on any atom is -0.497 e. The third-order valence-corrected chi connectivity index (χ3v) is 2.78. The lowest BCUT2D eigenvalue weighted by atomic mass is 10.0. The van der Waals surface area contributed by atoms with Crippen LogP contribution in [0.1, 0.15) is 24.9 Å². The molecule has 1 N–H and O–H groups in total. The van der Waals surface area contributed by atoms with Crippen molar-refractivity contribution in [2.24, 2.45) is 0 Å². The van der Waals surface area contributed by atoms with E-state index >= 15 is 0 Å². The van der Waals surface area contributed by atoms with E-state index in [1.807, 2.05) is 31.2 Å². The monoisotopic (exact) mass is 221 g/mol. The molecule has 86 valence electrons. The molecule has 4 nitrogen and oxygen atoms in total. The van der Waals surface area contributed by atoms with Crippen LogP contribution < -0.4 is 10.1 Å². The van der Waals surface area contributed by atoms with Gasteiger partial charge in [0, 0.05) is 0 Å². The summed E-state index contributed by atoms with van der Waals surface area (Å²) in [6.45, 7) is 2.00. The fourth-order valence-electron chi connectivity index (χ4n) is 1.89. The molecule has 1 heterocycles. The van der Waals surface area contributed by atoms with Crippen molar-refractivity contribution < 1.29 is 14.3 Å². The third-order valence-electron chi connectivity index (χ3n) is 2.78. The van der Waals surface area contributed by atoms with E-state index in [1.165, 1.54) is 0 Å². The summed E-state index contributed by atoms with van der Waals surface area (Å²) >= 11 is 0. The van der Waals surface area contributed by atoms with Crippen molar-refractivity contribution >= 4 is 6.09 Å². The zero-order chi connectivity index (χ0) is 11.5. The Bertz CT molecular complexity index is 374. The van der Waals surface area contributed by atoms with E-state index in [0.29, 0.717) is 0 Å². The summed E-state index contributed by atoms with van der Waals surface area (Å²) in [6, 6.07) is 7.60. The molecular formula is C12H15NO3. The van der Waals surface area contributed by atoms with Crippen LogP contribution >= 0.6 is 0 Å². The summed E-state index contributed by atoms with van der Waals surface area (Å²) in [4.78, 5) is 11.2. The highest BCUT2D eigenvalue weighted by Crippen LogP contribution is 2.27. The lowest BCUT2D eigenvalue weighted by Gasteiger charge is -2.15. The Balaban J connectivity index is 2.19. The Labute approximate surface area is 94.6 Å². The molecule has 0 saturated carbocycles. The van der Waals surface area contributed by atoms with Gasteiger partial charge in [0.1, 0.15) is 11.9 Å². The molecule has 0 aromatic heterocycles. The number of ether oxygens (including phenoxy) is 2. The Morgan fingerprint density at radius 2 is 2.06 bits per heavy atom. The number of hydrogen-bond donors (Lipinski definition) is 1. The van der Waals surface area contributed by atoms with Crippen LogP contribution in [0.5, 0.6) is 5.75 Å². The van der Waals surface area contributed by atoms with Crippen LogP contribution in [0.4, 0.5) is 4.79 Å². The maximum absolute atomic E-state index is 11.2. The fourth-order valence-corrected chi connectivity index (χ4v) is 1.89. The molecule has 1 saturated heterocycles. The number of methoxy groups -OCH3 is 1. The van der Waals surface area contributed by atoms with E-state index < -0.39 is 0 Å². The quantitative estimate of drug-likeness (QED) is 0.851. The second-order valence-corrected chi connectivity index (χ2v) is 3.75. The van der Waals surface area contributed by atoms with Crippen LogP contribution in [0.25, 0.3) is 0 Å². The lowest BCUT2D eigenvalue weighted by Crippen LogP contribution is -2.22. The number of carbonyl (C=O) groups is 1. The van der Waals surface area contributed by atoms with Gasteiger partial charge in [-0.2, -0.15) is 0 Å². The standard InChI is InChI=1S/C12H15NO3/c1-3-10-11(13-12(14)16-10)8-4-6-9(15-2)7-5-8/h4-7,10-11H,3H2,1-2H3,(H,13,14)/t10-,11+/m0/s1. The molecule has 2 atom stereocenters. The number of alkyl carbamates (subject to hydrolysis) is 1. The fraction of sp³-hybridized carbons (Fsp3) is 0.417. The average Bonchev–Trinajstić information content (AvgIpc) is 2.70. The summed E-state index contributed by atoms with van der Waals surface area (Å²) in [7, 11) is 1.63. The largest absolute Gasteiger partial charge is 0.497 e. The predicted octanol–water partition coefficient (Wildman–Crippen LogP) is 2.25. The molecule has 1 aliphatic heterocycles. The highest BCUT2D eigenvalue weighted by atomic mass is 16.6. The van der Waals surface area contributed by atoms with Gasteiger partial charge in [0.15, 0.2) is 0 Å². The van der Waals surface area contributed by atoms with E-state index in [1.54, 1.807) is 7.11 Å². The molecule has 0 spiro atoms. The lowest BCUT2D eigenvalue weighted by molar-refractivity contribution is 0.129. The Hall–Kier alpha value is -1.71. The number of cyclic esters (lactones) is 1. The minimum absolute atomic E-state index is 0.0524. The first-order valence-corrected chi connectivity index (χ1v) is 5.35. The normalized spacial score (nSPS) is 23.8. The van der Waals surface area contributed by atoms with Gasteiger partial charge in [0.2, 0.25) is 0 Å². The van der Waals surface area contributed by atoms with Crippen molar-refractivity contribution in [3.8, 4) is 5.75 Å². The third kappa shape index (κ3) is 1.96. The zero-order valence-corrected chi connectivity index (χ0v) is 9.40. The van der Waals surface area contributed by atoms with Crippen LogP contribution in [0.2, 0.25) is 0 Å². The topological polar surface area (TPSA) is 47.6 Å². The first kappa shape index (κ1) is 10.8. The molecule has 0 radical (unpaired) electrons. The van der Waals surface area contributed by atoms with Gasteiger partial charge >= 0.3 is 6.09 Å². The van der Waals surface area contributed by atoms with Crippen molar-refractivity contribution in [3.05, 3.63) is 29.8 Å². The highest BCUT2D eigenvalue weighted by molar-refractivity contribution is 5.70. The second-order valence-electron chi connectivity index (χ2n) is 3.75. The van der Waals surface area contributed by atoms with Gasteiger partial charge in [-0.05, 0) is 24.1 Å². The number of carbonyl (C=O) groups excluding carboxylic acids is 1. The Morgan fingerprint density at radius 1 is 1.38 bits per heavy atom. The van der Waals surface area contributed by atoms with Crippen LogP contribution in [0, 0.1) is 0 Å². The maximum atomic E-state index is 11.2. The van der Waals surface area contributed by atoms with Crippen LogP contribution in [-0.4, -0.2) is 19.3 Å². The Kier molecular flexibility index (Phi) is 2.99. The van der Waals surface area contributed by atoms with E-state index in [4.69, 9.17) is 9.47 Å². The summed E-state index contributed by atoms with van der Waals surface area (Å²) in [5.41, 5.74) is 1.04. The molecule has 0 unspecified atom stereocenters. The molecule has 2 rings (SSSR count). The molecule has 1 amide bonds. The molecule has 1 fully saturated rings. The Morgan fingerprint density at radius 3 is 2.62 bits per heavy atom. The molecule has 4 heteroatoms. The summed E-state index contributed by atoms with van der Waals surface area (Å²) < 4.78 is 10.2. The molecule has 1 aromatic carbocycles. The summed E-state index contributed by atoms with van der Waals surface area (Å²) in [5.74, 6) is 0.807. The zero-order valence-electron chi connectivity index (χ0n) is 9.40. The van der Waals surface area contributed by atoms with Crippen LogP contribution in [0.3, 0.4) is 0 Å². The van der Waals surface area contributed by atoms with Crippen LogP contribution in [0.15, 0.2) is 24.3 Å². The first-order chi connectivity index (χ1) is 7.74. The summed E-state index contributed by atoms with van der Waals surface area (Å²) in [5, 5.41) is 2.81. The van der Waals surface area contributed by atoms with E-state index in [0.717, 1.165) is 17.7 Å². The summed E-state index contributed by atoms with van der Waals surface area (Å²) in [6.07, 6.45) is 0.378. The smallest absolute Gasteiger partial charge is 0.408 e. The molecule has 1 aliphatic rings. The number of hydrogen-bond acceptors (Lipinski definition) is 3. The average molecular weight is 221 g/mol. The van der Waals surface area contributed by atoms with Gasteiger partial charge in [0.05, 0.1) is 13.2 Å². The van der Waals surface area contributed by atoms with Gasteiger partial charge in [-0.25, -0.2) is 4.79 Å². The van der Waals surface area contributed by atoms with Crippen molar-refractivity contribution in [1.29, 1.82) is 0 Å². The minimum atomic E-state index is -0.340. The highest BCUT2D eigenvalue weighted by Gasteiger charge is 2.33. The van der Waals surface area contributed by atoms with Crippen molar-refractivity contribution in [2.75, 3.05) is 7.11 Å². The second kappa shape index (κ2) is 4.43. The van der Waals surface area contributed by atoms with Crippen molar-refractivity contribution in [3.63, 3.8) is 0 Å². The predicted molar refractivity (Wildman–Crippen MR) is 59.4 cm³/mol. The van der Waals surface area contributed by atoms with Crippen molar-refractivity contribution in [2.45, 2.75) is 25.5 Å². The van der Waals surface area contributed by atoms with Gasteiger partial charge in [-0.1, -0.05) is 19.1 Å². The number of rotatable bonds is 3. The van der Waals surface area contributed by atoms with E-state index in [9.17, 15) is 4.79 Å². The molecule has 0 bridgehead atoms. The molecule has 0 aliphatic carbocycles. The van der Waals surface area contributed by atoms with E-state index in [2.05, 4.69) is 5.32 Å². The van der Waals surface area contributed by atoms with E-state index in [-0.39, 0.29) is 18.2 Å². The SMILES string of the molecule is CC[C@@H]1OC(=O)N[C@@H]1c1ccc(OC)cc1. The maximum Gasteiger partial charge on any atom is 0.408 e. The van der Waals surface area contributed by atoms with Crippen molar-refractivity contribution in [1.82, 2.24) is 5.32 Å². The van der Waals surface area contributed by atoms with Gasteiger partial charge in [-0.15, -0.1) is 0 Å². The number of amides is 1.